The molecule has 0 spiro atoms. The third-order valence-electron chi connectivity index (χ3n) is 7.22. The Labute approximate surface area is 230 Å². The van der Waals surface area contributed by atoms with Crippen LogP contribution in [0.2, 0.25) is 0 Å². The number of alkyl halides is 2. The summed E-state index contributed by atoms with van der Waals surface area (Å²) < 4.78 is 0.764. The number of rotatable bonds is 6. The molecule has 2 saturated carbocycles. The second-order valence-corrected chi connectivity index (χ2v) is 12.1. The Morgan fingerprint density at radius 3 is 1.92 bits per heavy atom. The molecule has 3 amide bonds. The lowest BCUT2D eigenvalue weighted by molar-refractivity contribution is -0.384. The van der Waals surface area contributed by atoms with E-state index in [1.165, 1.54) is 12.1 Å². The fraction of sp³-hybridized carbons (Fsp3) is 0.333. The first-order valence-electron chi connectivity index (χ1n) is 11.1. The molecular weight excluding hydrogens is 666 g/mol. The van der Waals surface area contributed by atoms with Gasteiger partial charge in [-0.15, -0.1) is 0 Å². The van der Waals surface area contributed by atoms with Crippen LogP contribution in [0, 0.1) is 33.8 Å². The number of hydrazine groups is 1. The number of imide groups is 1. The summed E-state index contributed by atoms with van der Waals surface area (Å²) in [6, 6.07) is 11.3. The van der Waals surface area contributed by atoms with Crippen LogP contribution in [0.1, 0.15) is 27.1 Å². The molecule has 6 atom stereocenters. The van der Waals surface area contributed by atoms with Gasteiger partial charge >= 0.3 is 0 Å². The summed E-state index contributed by atoms with van der Waals surface area (Å²) in [6.45, 7) is -0.542. The minimum atomic E-state index is -0.768. The number of nitro groups is 1. The van der Waals surface area contributed by atoms with E-state index in [4.69, 9.17) is 0 Å². The molecule has 3 aliphatic rings. The van der Waals surface area contributed by atoms with E-state index in [9.17, 15) is 29.3 Å². The largest absolute Gasteiger partial charge is 0.292 e. The summed E-state index contributed by atoms with van der Waals surface area (Å²) in [6.07, 6.45) is 0.723. The number of Topliss-reactive ketones (excluding diaryl/α,β-unsaturated/α-hetero) is 1. The number of ketones is 1. The molecule has 186 valence electrons. The third kappa shape index (κ3) is 4.03. The molecule has 3 fully saturated rings. The SMILES string of the molecule is O=C(CN(C(=O)c1ccc([N+](=O)[O-])cc1)N1C(=O)[C@@H]2[C@H]3C[C@@H]([C@@H](Br)[C@H]3Br)[C@H]2C1=O)c1ccc(Br)cc1. The van der Waals surface area contributed by atoms with Crippen molar-refractivity contribution in [3.05, 3.63) is 74.2 Å². The molecule has 2 aromatic carbocycles. The number of nitrogens with zero attached hydrogens (tertiary/aromatic N) is 3. The Hall–Kier alpha value is -2.44. The minimum Gasteiger partial charge on any atom is -0.292 e. The Balaban J connectivity index is 1.50. The predicted octanol–water partition coefficient (Wildman–Crippen LogP) is 4.38. The predicted molar refractivity (Wildman–Crippen MR) is 138 cm³/mol. The van der Waals surface area contributed by atoms with Gasteiger partial charge in [-0.2, -0.15) is 5.01 Å². The Kier molecular flexibility index (Phi) is 6.63. The molecule has 0 unspecified atom stereocenters. The van der Waals surface area contributed by atoms with Crippen molar-refractivity contribution in [2.75, 3.05) is 6.54 Å². The van der Waals surface area contributed by atoms with E-state index in [0.717, 1.165) is 33.0 Å². The van der Waals surface area contributed by atoms with Crippen LogP contribution in [0.15, 0.2) is 53.0 Å². The lowest BCUT2D eigenvalue weighted by Crippen LogP contribution is -2.52. The molecule has 0 radical (unpaired) electrons. The van der Waals surface area contributed by atoms with Gasteiger partial charge in [0.05, 0.1) is 16.8 Å². The van der Waals surface area contributed by atoms with Crippen molar-refractivity contribution in [2.45, 2.75) is 16.1 Å². The molecule has 9 nitrogen and oxygen atoms in total. The Bertz CT molecular complexity index is 1250. The maximum Gasteiger partial charge on any atom is 0.273 e. The molecule has 1 aliphatic heterocycles. The number of carbonyl (C=O) groups is 4. The summed E-state index contributed by atoms with van der Waals surface area (Å²) >= 11 is 10.6. The number of hydrogen-bond acceptors (Lipinski definition) is 6. The van der Waals surface area contributed by atoms with E-state index in [1.54, 1.807) is 24.3 Å². The van der Waals surface area contributed by atoms with Crippen molar-refractivity contribution >= 4 is 77.0 Å². The van der Waals surface area contributed by atoms with E-state index in [2.05, 4.69) is 47.8 Å². The number of fused-ring (bicyclic) bond motifs is 5. The number of carbonyl (C=O) groups excluding carboxylic acids is 4. The molecule has 12 heteroatoms. The molecule has 1 saturated heterocycles. The van der Waals surface area contributed by atoms with Crippen LogP contribution in [0.25, 0.3) is 0 Å². The van der Waals surface area contributed by atoms with Crippen LogP contribution in [0.4, 0.5) is 5.69 Å². The molecule has 0 aromatic heterocycles. The topological polar surface area (TPSA) is 118 Å². The maximum atomic E-state index is 13.6. The standard InChI is InChI=1S/C24H18Br3N3O6/c25-13-5-1-11(2-6-13)17(31)10-28(22(32)12-3-7-14(8-4-12)30(35)36)29-23(33)18-15-9-16(19(18)24(29)34)21(27)20(15)26/h1-8,15-16,18-21H,9-10H2/t15-,16-,18-,19-,20-,21+/m1/s1. The Morgan fingerprint density at radius 1 is 0.917 bits per heavy atom. The van der Waals surface area contributed by atoms with Gasteiger partial charge in [-0.25, -0.2) is 5.01 Å². The van der Waals surface area contributed by atoms with Gasteiger partial charge in [0.2, 0.25) is 0 Å². The molecule has 1 heterocycles. The molecule has 2 aliphatic carbocycles. The highest BCUT2D eigenvalue weighted by atomic mass is 79.9. The fourth-order valence-electron chi connectivity index (χ4n) is 5.54. The van der Waals surface area contributed by atoms with Crippen molar-refractivity contribution in [2.24, 2.45) is 23.7 Å². The van der Waals surface area contributed by atoms with Gasteiger partial charge in [0.1, 0.15) is 6.54 Å². The van der Waals surface area contributed by atoms with Crippen LogP contribution in [-0.4, -0.2) is 54.6 Å². The third-order valence-corrected chi connectivity index (χ3v) is 11.0. The van der Waals surface area contributed by atoms with E-state index in [-0.39, 0.29) is 32.7 Å². The van der Waals surface area contributed by atoms with Crippen LogP contribution < -0.4 is 0 Å². The van der Waals surface area contributed by atoms with Gasteiger partial charge in [0, 0.05) is 37.4 Å². The summed E-state index contributed by atoms with van der Waals surface area (Å²) in [7, 11) is 0. The first kappa shape index (κ1) is 25.2. The van der Waals surface area contributed by atoms with Gasteiger partial charge in [0.25, 0.3) is 23.4 Å². The second kappa shape index (κ2) is 9.46. The van der Waals surface area contributed by atoms with Crippen LogP contribution in [0.3, 0.4) is 0 Å². The van der Waals surface area contributed by atoms with Gasteiger partial charge in [-0.05, 0) is 42.5 Å². The smallest absolute Gasteiger partial charge is 0.273 e. The summed E-state index contributed by atoms with van der Waals surface area (Å²) in [5.41, 5.74) is 0.108. The van der Waals surface area contributed by atoms with Crippen molar-refractivity contribution in [3.63, 3.8) is 0 Å². The first-order chi connectivity index (χ1) is 17.1. The fourth-order valence-corrected chi connectivity index (χ4v) is 7.68. The van der Waals surface area contributed by atoms with Gasteiger partial charge in [-0.3, -0.25) is 29.3 Å². The van der Waals surface area contributed by atoms with Gasteiger partial charge in [0.15, 0.2) is 5.78 Å². The number of halogens is 3. The van der Waals surface area contributed by atoms with Crippen LogP contribution in [-0.2, 0) is 9.59 Å². The van der Waals surface area contributed by atoms with E-state index >= 15 is 0 Å². The lowest BCUT2D eigenvalue weighted by Gasteiger charge is -2.30. The summed E-state index contributed by atoms with van der Waals surface area (Å²) in [4.78, 5) is 64.4. The average Bonchev–Trinajstić information content (AvgIpc) is 3.47. The molecule has 2 aromatic rings. The minimum absolute atomic E-state index is 0.0153. The normalized spacial score (nSPS) is 28.4. The molecule has 36 heavy (non-hydrogen) atoms. The number of amides is 3. The van der Waals surface area contributed by atoms with Crippen molar-refractivity contribution in [1.29, 1.82) is 0 Å². The van der Waals surface area contributed by atoms with Crippen molar-refractivity contribution in [3.8, 4) is 0 Å². The first-order valence-corrected chi connectivity index (χ1v) is 13.7. The zero-order chi connectivity index (χ0) is 25.9. The highest BCUT2D eigenvalue weighted by Crippen LogP contribution is 2.60. The van der Waals surface area contributed by atoms with Gasteiger partial charge < -0.3 is 0 Å². The molecule has 2 bridgehead atoms. The van der Waals surface area contributed by atoms with Crippen LogP contribution >= 0.6 is 47.8 Å². The molecular formula is C24H18Br3N3O6. The monoisotopic (exact) mass is 681 g/mol. The maximum absolute atomic E-state index is 13.6. The van der Waals surface area contributed by atoms with E-state index in [1.807, 2.05) is 0 Å². The van der Waals surface area contributed by atoms with Crippen molar-refractivity contribution in [1.82, 2.24) is 10.0 Å². The van der Waals surface area contributed by atoms with Gasteiger partial charge in [-0.1, -0.05) is 59.9 Å². The zero-order valence-electron chi connectivity index (χ0n) is 18.4. The van der Waals surface area contributed by atoms with E-state index in [0.29, 0.717) is 5.56 Å². The zero-order valence-corrected chi connectivity index (χ0v) is 23.2. The van der Waals surface area contributed by atoms with Crippen molar-refractivity contribution < 1.29 is 24.1 Å². The molecule has 0 N–H and O–H groups in total. The quantitative estimate of drug-likeness (QED) is 0.147. The summed E-state index contributed by atoms with van der Waals surface area (Å²) in [5, 5.41) is 12.7. The second-order valence-electron chi connectivity index (χ2n) is 9.09. The number of benzene rings is 2. The highest BCUT2D eigenvalue weighted by Gasteiger charge is 2.67. The average molecular weight is 684 g/mol. The molecule has 5 rings (SSSR count). The lowest BCUT2D eigenvalue weighted by atomic mass is 9.81. The highest BCUT2D eigenvalue weighted by molar-refractivity contribution is 9.12. The van der Waals surface area contributed by atoms with E-state index < -0.39 is 46.8 Å². The number of nitro benzene ring substituents is 1. The number of hydrogen-bond donors (Lipinski definition) is 0. The van der Waals surface area contributed by atoms with Crippen LogP contribution in [0.5, 0.6) is 0 Å². The number of non-ortho nitro benzene ring substituents is 1. The Morgan fingerprint density at radius 2 is 1.42 bits per heavy atom. The summed E-state index contributed by atoms with van der Waals surface area (Å²) in [5.74, 6) is -3.51.